The van der Waals surface area contributed by atoms with Gasteiger partial charge in [0.05, 0.1) is 6.10 Å². The lowest BCUT2D eigenvalue weighted by molar-refractivity contribution is 0.214. The van der Waals surface area contributed by atoms with Crippen molar-refractivity contribution in [3.05, 3.63) is 42.0 Å². The molecule has 0 radical (unpaired) electrons. The van der Waals surface area contributed by atoms with Gasteiger partial charge in [0.25, 0.3) is 0 Å². The van der Waals surface area contributed by atoms with Crippen molar-refractivity contribution in [1.29, 1.82) is 0 Å². The number of aliphatic hydroxyl groups excluding tert-OH is 1. The van der Waals surface area contributed by atoms with Crippen LogP contribution < -0.4 is 0 Å². The highest BCUT2D eigenvalue weighted by Gasteiger charge is 2.15. The average molecular weight is 174 g/mol. The number of rotatable bonds is 1. The second kappa shape index (κ2) is 3.75. The molecule has 0 fully saturated rings. The van der Waals surface area contributed by atoms with E-state index in [9.17, 15) is 5.11 Å². The summed E-state index contributed by atoms with van der Waals surface area (Å²) in [6.45, 7) is 0. The molecule has 0 saturated heterocycles. The fraction of sp³-hybridized carbons (Fsp3) is 0.333. The largest absolute Gasteiger partial charge is 0.388 e. The molecule has 1 aromatic carbocycles. The minimum atomic E-state index is -0.254. The molecule has 0 amide bonds. The van der Waals surface area contributed by atoms with E-state index < -0.39 is 0 Å². The van der Waals surface area contributed by atoms with Crippen molar-refractivity contribution < 1.29 is 5.11 Å². The van der Waals surface area contributed by atoms with Gasteiger partial charge in [-0.25, -0.2) is 0 Å². The van der Waals surface area contributed by atoms with Crippen LogP contribution in [0.3, 0.4) is 0 Å². The minimum Gasteiger partial charge on any atom is -0.388 e. The molecule has 68 valence electrons. The summed E-state index contributed by atoms with van der Waals surface area (Å²) in [6, 6.07) is 10.1. The lowest BCUT2D eigenvalue weighted by Crippen LogP contribution is -2.12. The van der Waals surface area contributed by atoms with Gasteiger partial charge < -0.3 is 5.11 Å². The summed E-state index contributed by atoms with van der Waals surface area (Å²) in [5.41, 5.74) is 2.27. The Labute approximate surface area is 78.7 Å². The molecule has 1 aliphatic carbocycles. The Balaban J connectivity index is 2.30. The molecule has 0 bridgehead atoms. The van der Waals surface area contributed by atoms with E-state index in [1.807, 2.05) is 18.2 Å². The molecular weight excluding hydrogens is 160 g/mol. The third-order valence-corrected chi connectivity index (χ3v) is 2.51. The van der Waals surface area contributed by atoms with E-state index in [1.165, 1.54) is 0 Å². The van der Waals surface area contributed by atoms with E-state index >= 15 is 0 Å². The molecule has 0 spiro atoms. The van der Waals surface area contributed by atoms with Crippen LogP contribution in [-0.2, 0) is 0 Å². The summed E-state index contributed by atoms with van der Waals surface area (Å²) < 4.78 is 0. The van der Waals surface area contributed by atoms with E-state index in [4.69, 9.17) is 0 Å². The van der Waals surface area contributed by atoms with Crippen LogP contribution >= 0.6 is 0 Å². The summed E-state index contributed by atoms with van der Waals surface area (Å²) in [4.78, 5) is 0. The normalized spacial score (nSPS) is 22.5. The molecule has 0 unspecified atom stereocenters. The molecule has 1 heteroatoms. The van der Waals surface area contributed by atoms with Crippen LogP contribution in [0.25, 0.3) is 5.57 Å². The van der Waals surface area contributed by atoms with Crippen LogP contribution in [0, 0.1) is 0 Å². The lowest BCUT2D eigenvalue weighted by atomic mass is 9.91. The zero-order chi connectivity index (χ0) is 9.10. The molecule has 13 heavy (non-hydrogen) atoms. The molecule has 0 saturated carbocycles. The standard InChI is InChI=1S/C12H14O/c13-12-9-5-4-8-11(12)10-6-2-1-3-7-10/h1-3,6-8,12-13H,4-5,9H2/t12-/m1/s1. The number of aliphatic hydroxyl groups is 1. The number of benzene rings is 1. The van der Waals surface area contributed by atoms with Crippen LogP contribution in [0.4, 0.5) is 0 Å². The van der Waals surface area contributed by atoms with Crippen molar-refractivity contribution in [2.75, 3.05) is 0 Å². The van der Waals surface area contributed by atoms with Crippen molar-refractivity contribution in [1.82, 2.24) is 0 Å². The Bertz CT molecular complexity index is 300. The van der Waals surface area contributed by atoms with Gasteiger partial charge in [-0.1, -0.05) is 36.4 Å². The van der Waals surface area contributed by atoms with Crippen molar-refractivity contribution in [3.63, 3.8) is 0 Å². The Morgan fingerprint density at radius 1 is 1.15 bits per heavy atom. The summed E-state index contributed by atoms with van der Waals surface area (Å²) >= 11 is 0. The van der Waals surface area contributed by atoms with Gasteiger partial charge >= 0.3 is 0 Å². The van der Waals surface area contributed by atoms with E-state index in [-0.39, 0.29) is 6.10 Å². The fourth-order valence-corrected chi connectivity index (χ4v) is 1.80. The number of hydrogen-bond donors (Lipinski definition) is 1. The fourth-order valence-electron chi connectivity index (χ4n) is 1.80. The first-order valence-electron chi connectivity index (χ1n) is 4.81. The predicted molar refractivity (Wildman–Crippen MR) is 54.3 cm³/mol. The van der Waals surface area contributed by atoms with E-state index in [0.29, 0.717) is 0 Å². The van der Waals surface area contributed by atoms with Crippen LogP contribution in [0.1, 0.15) is 24.8 Å². The van der Waals surface area contributed by atoms with Crippen LogP contribution in [-0.4, -0.2) is 11.2 Å². The molecule has 0 aliphatic heterocycles. The molecule has 0 aromatic heterocycles. The van der Waals surface area contributed by atoms with Crippen LogP contribution in [0.2, 0.25) is 0 Å². The maximum absolute atomic E-state index is 9.75. The zero-order valence-corrected chi connectivity index (χ0v) is 7.61. The van der Waals surface area contributed by atoms with E-state index in [0.717, 1.165) is 30.4 Å². The first-order chi connectivity index (χ1) is 6.38. The molecule has 1 aliphatic rings. The van der Waals surface area contributed by atoms with Gasteiger partial charge in [-0.2, -0.15) is 0 Å². The van der Waals surface area contributed by atoms with E-state index in [2.05, 4.69) is 18.2 Å². The summed E-state index contributed by atoms with van der Waals surface area (Å²) in [7, 11) is 0. The third kappa shape index (κ3) is 1.81. The topological polar surface area (TPSA) is 20.2 Å². The van der Waals surface area contributed by atoms with Gasteiger partial charge in [-0.15, -0.1) is 0 Å². The molecule has 1 atom stereocenters. The van der Waals surface area contributed by atoms with Crippen LogP contribution in [0.15, 0.2) is 36.4 Å². The van der Waals surface area contributed by atoms with E-state index in [1.54, 1.807) is 0 Å². The number of allylic oxidation sites excluding steroid dienone is 1. The first kappa shape index (κ1) is 8.52. The van der Waals surface area contributed by atoms with Gasteiger partial charge in [0.1, 0.15) is 0 Å². The Kier molecular flexibility index (Phi) is 2.46. The highest BCUT2D eigenvalue weighted by molar-refractivity contribution is 5.69. The quantitative estimate of drug-likeness (QED) is 0.694. The van der Waals surface area contributed by atoms with Gasteiger partial charge in [-0.05, 0) is 30.4 Å². The monoisotopic (exact) mass is 174 g/mol. The Hall–Kier alpha value is -1.08. The SMILES string of the molecule is O[C@@H]1CCCC=C1c1ccccc1. The summed E-state index contributed by atoms with van der Waals surface area (Å²) in [5.74, 6) is 0. The highest BCUT2D eigenvalue weighted by atomic mass is 16.3. The molecule has 2 rings (SSSR count). The summed E-state index contributed by atoms with van der Waals surface area (Å²) in [6.07, 6.45) is 5.01. The molecular formula is C12H14O. The Morgan fingerprint density at radius 2 is 1.92 bits per heavy atom. The predicted octanol–water partition coefficient (Wildman–Crippen LogP) is 2.61. The molecule has 1 aromatic rings. The maximum Gasteiger partial charge on any atom is 0.0792 e. The lowest BCUT2D eigenvalue weighted by Gasteiger charge is -2.19. The first-order valence-corrected chi connectivity index (χ1v) is 4.81. The Morgan fingerprint density at radius 3 is 2.62 bits per heavy atom. The van der Waals surface area contributed by atoms with Gasteiger partial charge in [0.2, 0.25) is 0 Å². The van der Waals surface area contributed by atoms with Crippen molar-refractivity contribution in [3.8, 4) is 0 Å². The van der Waals surface area contributed by atoms with Gasteiger partial charge in [-0.3, -0.25) is 0 Å². The zero-order valence-electron chi connectivity index (χ0n) is 7.61. The highest BCUT2D eigenvalue weighted by Crippen LogP contribution is 2.26. The molecule has 1 N–H and O–H groups in total. The summed E-state index contributed by atoms with van der Waals surface area (Å²) in [5, 5.41) is 9.75. The second-order valence-electron chi connectivity index (χ2n) is 3.47. The number of hydrogen-bond acceptors (Lipinski definition) is 1. The average Bonchev–Trinajstić information content (AvgIpc) is 2.20. The maximum atomic E-state index is 9.75. The van der Waals surface area contributed by atoms with Gasteiger partial charge in [0, 0.05) is 0 Å². The van der Waals surface area contributed by atoms with Crippen molar-refractivity contribution >= 4 is 5.57 Å². The molecule has 1 nitrogen and oxygen atoms in total. The van der Waals surface area contributed by atoms with Crippen LogP contribution in [0.5, 0.6) is 0 Å². The van der Waals surface area contributed by atoms with Gasteiger partial charge in [0.15, 0.2) is 0 Å². The van der Waals surface area contributed by atoms with Crippen molar-refractivity contribution in [2.45, 2.75) is 25.4 Å². The van der Waals surface area contributed by atoms with Crippen molar-refractivity contribution in [2.24, 2.45) is 0 Å². The smallest absolute Gasteiger partial charge is 0.0792 e. The minimum absolute atomic E-state index is 0.254. The molecule has 0 heterocycles. The second-order valence-corrected chi connectivity index (χ2v) is 3.47. The third-order valence-electron chi connectivity index (χ3n) is 2.51.